The van der Waals surface area contributed by atoms with Crippen LogP contribution in [0, 0.1) is 0 Å². The van der Waals surface area contributed by atoms with E-state index < -0.39 is 6.03 Å². The lowest BCUT2D eigenvalue weighted by Gasteiger charge is -2.15. The van der Waals surface area contributed by atoms with E-state index in [1.807, 2.05) is 19.1 Å². The van der Waals surface area contributed by atoms with Gasteiger partial charge in [-0.2, -0.15) is 0 Å². The fourth-order valence-corrected chi connectivity index (χ4v) is 2.09. The van der Waals surface area contributed by atoms with E-state index in [-0.39, 0.29) is 11.9 Å². The molecule has 0 heterocycles. The zero-order valence-electron chi connectivity index (χ0n) is 12.0. The number of nitrogens with one attached hydrogen (secondary N) is 2. The lowest BCUT2D eigenvalue weighted by Crippen LogP contribution is -2.26. The van der Waals surface area contributed by atoms with Crippen LogP contribution in [-0.4, -0.2) is 11.9 Å². The molecule has 0 radical (unpaired) electrons. The summed E-state index contributed by atoms with van der Waals surface area (Å²) in [6.07, 6.45) is 0. The summed E-state index contributed by atoms with van der Waals surface area (Å²) in [7, 11) is 0. The monoisotopic (exact) mass is 317 g/mol. The van der Waals surface area contributed by atoms with Crippen molar-refractivity contribution in [3.63, 3.8) is 0 Å². The van der Waals surface area contributed by atoms with Crippen molar-refractivity contribution < 1.29 is 9.59 Å². The standard InChI is InChI=1S/C16H16ClN3O2/c1-10(11-4-8-14(9-5-11)20-16(18)22)19-15(21)12-2-6-13(17)7-3-12/h2-10H,1H3,(H,19,21)(H3,18,20,22)/t10-/m1/s1. The van der Waals surface area contributed by atoms with Gasteiger partial charge in [-0.25, -0.2) is 4.79 Å². The first-order chi connectivity index (χ1) is 10.5. The third-order valence-electron chi connectivity index (χ3n) is 3.13. The highest BCUT2D eigenvalue weighted by molar-refractivity contribution is 6.30. The molecule has 0 bridgehead atoms. The lowest BCUT2D eigenvalue weighted by atomic mass is 10.1. The lowest BCUT2D eigenvalue weighted by molar-refractivity contribution is 0.0940. The van der Waals surface area contributed by atoms with Gasteiger partial charge in [-0.1, -0.05) is 23.7 Å². The highest BCUT2D eigenvalue weighted by Gasteiger charge is 2.11. The Morgan fingerprint density at radius 3 is 2.18 bits per heavy atom. The Kier molecular flexibility index (Phi) is 5.01. The first kappa shape index (κ1) is 15.9. The van der Waals surface area contributed by atoms with Crippen molar-refractivity contribution in [3.05, 3.63) is 64.7 Å². The predicted molar refractivity (Wildman–Crippen MR) is 87.0 cm³/mol. The maximum absolute atomic E-state index is 12.1. The molecule has 114 valence electrons. The second-order valence-corrected chi connectivity index (χ2v) is 5.25. The topological polar surface area (TPSA) is 84.2 Å². The number of rotatable bonds is 4. The second kappa shape index (κ2) is 6.95. The molecule has 0 unspecified atom stereocenters. The van der Waals surface area contributed by atoms with Crippen LogP contribution in [0.5, 0.6) is 0 Å². The molecular weight excluding hydrogens is 302 g/mol. The average Bonchev–Trinajstić information content (AvgIpc) is 2.48. The van der Waals surface area contributed by atoms with E-state index in [4.69, 9.17) is 17.3 Å². The molecule has 2 aromatic carbocycles. The van der Waals surface area contributed by atoms with E-state index in [1.54, 1.807) is 36.4 Å². The van der Waals surface area contributed by atoms with Gasteiger partial charge in [0.2, 0.25) is 0 Å². The highest BCUT2D eigenvalue weighted by atomic mass is 35.5. The number of benzene rings is 2. The van der Waals surface area contributed by atoms with Gasteiger partial charge in [0.05, 0.1) is 6.04 Å². The first-order valence-electron chi connectivity index (χ1n) is 6.68. The number of halogens is 1. The van der Waals surface area contributed by atoms with Crippen LogP contribution < -0.4 is 16.4 Å². The van der Waals surface area contributed by atoms with Crippen molar-refractivity contribution >= 4 is 29.2 Å². The molecule has 4 N–H and O–H groups in total. The van der Waals surface area contributed by atoms with Gasteiger partial charge in [-0.15, -0.1) is 0 Å². The summed E-state index contributed by atoms with van der Waals surface area (Å²) in [6, 6.07) is 13.0. The number of hydrogen-bond donors (Lipinski definition) is 3. The molecule has 3 amide bonds. The Balaban J connectivity index is 2.02. The Bertz CT molecular complexity index is 669. The van der Waals surface area contributed by atoms with Crippen molar-refractivity contribution in [2.45, 2.75) is 13.0 Å². The second-order valence-electron chi connectivity index (χ2n) is 4.81. The summed E-state index contributed by atoms with van der Waals surface area (Å²) in [6.45, 7) is 1.88. The number of carbonyl (C=O) groups is 2. The highest BCUT2D eigenvalue weighted by Crippen LogP contribution is 2.17. The Labute approximate surface area is 133 Å². The molecule has 0 aliphatic rings. The molecule has 2 rings (SSSR count). The Morgan fingerprint density at radius 1 is 1.05 bits per heavy atom. The largest absolute Gasteiger partial charge is 0.351 e. The first-order valence-corrected chi connectivity index (χ1v) is 7.06. The molecule has 5 nitrogen and oxygen atoms in total. The van der Waals surface area contributed by atoms with Gasteiger partial charge in [0, 0.05) is 16.3 Å². The number of urea groups is 1. The summed E-state index contributed by atoms with van der Waals surface area (Å²) in [4.78, 5) is 22.9. The predicted octanol–water partition coefficient (Wildman–Crippen LogP) is 3.32. The molecule has 0 spiro atoms. The average molecular weight is 318 g/mol. The molecular formula is C16H16ClN3O2. The van der Waals surface area contributed by atoms with Crippen molar-refractivity contribution in [1.29, 1.82) is 0 Å². The van der Waals surface area contributed by atoms with E-state index in [0.717, 1.165) is 5.56 Å². The zero-order chi connectivity index (χ0) is 16.1. The van der Waals surface area contributed by atoms with E-state index in [0.29, 0.717) is 16.3 Å². The maximum atomic E-state index is 12.1. The minimum absolute atomic E-state index is 0.175. The number of hydrogen-bond acceptors (Lipinski definition) is 2. The van der Waals surface area contributed by atoms with Crippen LogP contribution >= 0.6 is 11.6 Å². The third-order valence-corrected chi connectivity index (χ3v) is 3.38. The molecule has 22 heavy (non-hydrogen) atoms. The van der Waals surface area contributed by atoms with Crippen LogP contribution in [0.1, 0.15) is 28.9 Å². The van der Waals surface area contributed by atoms with Crippen LogP contribution in [0.25, 0.3) is 0 Å². The Morgan fingerprint density at radius 2 is 1.64 bits per heavy atom. The molecule has 6 heteroatoms. The fraction of sp³-hybridized carbons (Fsp3) is 0.125. The van der Waals surface area contributed by atoms with Crippen molar-refractivity contribution in [1.82, 2.24) is 5.32 Å². The molecule has 0 saturated carbocycles. The molecule has 0 aromatic heterocycles. The number of nitrogens with two attached hydrogens (primary N) is 1. The van der Waals surface area contributed by atoms with E-state index >= 15 is 0 Å². The SMILES string of the molecule is C[C@@H](NC(=O)c1ccc(Cl)cc1)c1ccc(NC(N)=O)cc1. The van der Waals surface area contributed by atoms with Crippen LogP contribution in [0.15, 0.2) is 48.5 Å². The van der Waals surface area contributed by atoms with Crippen LogP contribution in [-0.2, 0) is 0 Å². The van der Waals surface area contributed by atoms with E-state index in [1.165, 1.54) is 0 Å². The molecule has 2 aromatic rings. The molecule has 0 aliphatic carbocycles. The minimum Gasteiger partial charge on any atom is -0.351 e. The Hall–Kier alpha value is -2.53. The fourth-order valence-electron chi connectivity index (χ4n) is 1.96. The van der Waals surface area contributed by atoms with Crippen LogP contribution in [0.4, 0.5) is 10.5 Å². The van der Waals surface area contributed by atoms with Crippen molar-refractivity contribution in [3.8, 4) is 0 Å². The number of amides is 3. The van der Waals surface area contributed by atoms with Crippen molar-refractivity contribution in [2.75, 3.05) is 5.32 Å². The summed E-state index contributed by atoms with van der Waals surface area (Å²) in [5, 5.41) is 5.97. The quantitative estimate of drug-likeness (QED) is 0.808. The number of carbonyl (C=O) groups excluding carboxylic acids is 2. The van der Waals surface area contributed by atoms with Gasteiger partial charge >= 0.3 is 6.03 Å². The van der Waals surface area contributed by atoms with Gasteiger partial charge < -0.3 is 16.4 Å². The summed E-state index contributed by atoms with van der Waals surface area (Å²) >= 11 is 5.80. The van der Waals surface area contributed by atoms with Gasteiger partial charge in [0.25, 0.3) is 5.91 Å². The van der Waals surface area contributed by atoms with E-state index in [9.17, 15) is 9.59 Å². The number of anilines is 1. The third kappa shape index (κ3) is 4.23. The van der Waals surface area contributed by atoms with Crippen LogP contribution in [0.2, 0.25) is 5.02 Å². The summed E-state index contributed by atoms with van der Waals surface area (Å²) in [5.41, 5.74) is 7.11. The summed E-state index contributed by atoms with van der Waals surface area (Å²) in [5.74, 6) is -0.177. The zero-order valence-corrected chi connectivity index (χ0v) is 12.7. The molecule has 0 saturated heterocycles. The molecule has 0 fully saturated rings. The maximum Gasteiger partial charge on any atom is 0.316 e. The van der Waals surface area contributed by atoms with Gasteiger partial charge in [-0.3, -0.25) is 4.79 Å². The summed E-state index contributed by atoms with van der Waals surface area (Å²) < 4.78 is 0. The van der Waals surface area contributed by atoms with Crippen LogP contribution in [0.3, 0.4) is 0 Å². The van der Waals surface area contributed by atoms with E-state index in [2.05, 4.69) is 10.6 Å². The van der Waals surface area contributed by atoms with Crippen molar-refractivity contribution in [2.24, 2.45) is 5.73 Å². The smallest absolute Gasteiger partial charge is 0.316 e. The van der Waals surface area contributed by atoms with Gasteiger partial charge in [0.15, 0.2) is 0 Å². The van der Waals surface area contributed by atoms with Gasteiger partial charge in [0.1, 0.15) is 0 Å². The normalized spacial score (nSPS) is 11.5. The van der Waals surface area contributed by atoms with Gasteiger partial charge in [-0.05, 0) is 48.9 Å². The molecule has 0 aliphatic heterocycles. The number of primary amides is 1. The minimum atomic E-state index is -0.614. The molecule has 1 atom stereocenters.